The molecule has 2 aromatic rings. The second-order valence-electron chi connectivity index (χ2n) is 5.77. The summed E-state index contributed by atoms with van der Waals surface area (Å²) in [5.74, 6) is -2.26. The molecule has 0 spiro atoms. The molecule has 8 heteroatoms. The van der Waals surface area contributed by atoms with Gasteiger partial charge in [-0.1, -0.05) is 12.1 Å². The molecule has 1 aliphatic heterocycles. The summed E-state index contributed by atoms with van der Waals surface area (Å²) in [7, 11) is 0. The van der Waals surface area contributed by atoms with E-state index in [1.165, 1.54) is 49.1 Å². The number of amides is 1. The van der Waals surface area contributed by atoms with Gasteiger partial charge in [-0.05, 0) is 37.6 Å². The third-order valence-electron chi connectivity index (χ3n) is 4.00. The molecule has 1 aliphatic rings. The molecule has 6 nitrogen and oxygen atoms in total. The first kappa shape index (κ1) is 16.8. The van der Waals surface area contributed by atoms with Crippen molar-refractivity contribution in [2.24, 2.45) is 0 Å². The van der Waals surface area contributed by atoms with Crippen LogP contribution in [0.2, 0.25) is 0 Å². The molecule has 0 bridgehead atoms. The molecule has 0 saturated heterocycles. The van der Waals surface area contributed by atoms with Gasteiger partial charge in [0, 0.05) is 5.56 Å². The van der Waals surface area contributed by atoms with E-state index in [0.717, 1.165) is 0 Å². The van der Waals surface area contributed by atoms with Crippen molar-refractivity contribution >= 4 is 17.3 Å². The molecule has 130 valence electrons. The van der Waals surface area contributed by atoms with Crippen molar-refractivity contribution in [3.8, 4) is 5.75 Å². The fourth-order valence-corrected chi connectivity index (χ4v) is 2.77. The first-order valence-corrected chi connectivity index (χ1v) is 7.49. The maximum absolute atomic E-state index is 14.6. The molecular formula is C17H14F2N2O4. The number of halogens is 2. The van der Waals surface area contributed by atoms with Gasteiger partial charge in [0.1, 0.15) is 5.82 Å². The Morgan fingerprint density at radius 2 is 1.92 bits per heavy atom. The lowest BCUT2D eigenvalue weighted by Crippen LogP contribution is -2.44. The summed E-state index contributed by atoms with van der Waals surface area (Å²) in [6.07, 6.45) is -0.996. The molecule has 0 aliphatic carbocycles. The summed E-state index contributed by atoms with van der Waals surface area (Å²) in [5, 5.41) is 11.1. The SMILES string of the molecule is Cc1cc2c(c(F)c1[N+](=O)[O-])OC(C)C(=O)N2Cc1ccc(F)cc1. The maximum atomic E-state index is 14.6. The third kappa shape index (κ3) is 2.90. The normalized spacial score (nSPS) is 16.4. The van der Waals surface area contributed by atoms with Crippen molar-refractivity contribution in [1.29, 1.82) is 0 Å². The monoisotopic (exact) mass is 348 g/mol. The number of nitro benzene ring substituents is 1. The lowest BCUT2D eigenvalue weighted by atomic mass is 10.1. The molecule has 1 unspecified atom stereocenters. The maximum Gasteiger partial charge on any atom is 0.311 e. The minimum absolute atomic E-state index is 0.0660. The van der Waals surface area contributed by atoms with E-state index in [1.807, 2.05) is 0 Å². The van der Waals surface area contributed by atoms with E-state index in [1.54, 1.807) is 0 Å². The van der Waals surface area contributed by atoms with Crippen LogP contribution in [0.3, 0.4) is 0 Å². The highest BCUT2D eigenvalue weighted by atomic mass is 19.1. The van der Waals surface area contributed by atoms with Gasteiger partial charge in [-0.3, -0.25) is 14.9 Å². The van der Waals surface area contributed by atoms with Crippen molar-refractivity contribution in [1.82, 2.24) is 0 Å². The number of rotatable bonds is 3. The standard InChI is InChI=1S/C17H14F2N2O4/c1-9-7-13-16(14(19)15(9)21(23)24)25-10(2)17(22)20(13)8-11-3-5-12(18)6-4-11/h3-7,10H,8H2,1-2H3. The number of nitrogens with zero attached hydrogens (tertiary/aromatic N) is 2. The third-order valence-corrected chi connectivity index (χ3v) is 4.00. The van der Waals surface area contributed by atoms with Crippen molar-refractivity contribution in [2.45, 2.75) is 26.5 Å². The lowest BCUT2D eigenvalue weighted by Gasteiger charge is -2.33. The summed E-state index contributed by atoms with van der Waals surface area (Å²) in [5.41, 5.74) is 0.151. The van der Waals surface area contributed by atoms with Gasteiger partial charge in [-0.2, -0.15) is 4.39 Å². The first-order chi connectivity index (χ1) is 11.8. The molecule has 1 atom stereocenters. The largest absolute Gasteiger partial charge is 0.475 e. The summed E-state index contributed by atoms with van der Waals surface area (Å²) in [4.78, 5) is 24.0. The molecule has 0 N–H and O–H groups in total. The van der Waals surface area contributed by atoms with Crippen molar-refractivity contribution in [2.75, 3.05) is 4.90 Å². The molecule has 0 radical (unpaired) electrons. The van der Waals surface area contributed by atoms with Crippen LogP contribution in [-0.2, 0) is 11.3 Å². The molecule has 0 saturated carbocycles. The minimum atomic E-state index is -1.11. The van der Waals surface area contributed by atoms with Crippen LogP contribution >= 0.6 is 0 Å². The predicted octanol–water partition coefficient (Wildman–Crippen LogP) is 3.50. The van der Waals surface area contributed by atoms with Gasteiger partial charge in [-0.15, -0.1) is 0 Å². The summed E-state index contributed by atoms with van der Waals surface area (Å²) < 4.78 is 32.9. The molecule has 0 aromatic heterocycles. The quantitative estimate of drug-likeness (QED) is 0.629. The Kier molecular flexibility index (Phi) is 4.12. The van der Waals surface area contributed by atoms with Gasteiger partial charge in [-0.25, -0.2) is 4.39 Å². The van der Waals surface area contributed by atoms with Gasteiger partial charge in [0.05, 0.1) is 17.2 Å². The van der Waals surface area contributed by atoms with Gasteiger partial charge < -0.3 is 9.64 Å². The number of benzene rings is 2. The van der Waals surface area contributed by atoms with Crippen LogP contribution in [-0.4, -0.2) is 16.9 Å². The predicted molar refractivity (Wildman–Crippen MR) is 85.5 cm³/mol. The Balaban J connectivity index is 2.10. The van der Waals surface area contributed by atoms with E-state index in [0.29, 0.717) is 5.56 Å². The zero-order valence-electron chi connectivity index (χ0n) is 13.5. The van der Waals surface area contributed by atoms with Crippen LogP contribution in [0, 0.1) is 28.7 Å². The number of ether oxygens (including phenoxy) is 1. The number of carbonyl (C=O) groups is 1. The highest BCUT2D eigenvalue weighted by Crippen LogP contribution is 2.42. The molecule has 3 rings (SSSR count). The summed E-state index contributed by atoms with van der Waals surface area (Å²) in [6, 6.07) is 6.89. The summed E-state index contributed by atoms with van der Waals surface area (Å²) >= 11 is 0. The van der Waals surface area contributed by atoms with E-state index in [9.17, 15) is 23.7 Å². The van der Waals surface area contributed by atoms with Crippen LogP contribution in [0.1, 0.15) is 18.1 Å². The zero-order valence-corrected chi connectivity index (χ0v) is 13.5. The average Bonchev–Trinajstić information content (AvgIpc) is 2.54. The van der Waals surface area contributed by atoms with Crippen molar-refractivity contribution < 1.29 is 23.2 Å². The Morgan fingerprint density at radius 1 is 1.28 bits per heavy atom. The van der Waals surface area contributed by atoms with Crippen molar-refractivity contribution in [3.05, 3.63) is 63.2 Å². The highest BCUT2D eigenvalue weighted by molar-refractivity contribution is 6.00. The first-order valence-electron chi connectivity index (χ1n) is 7.49. The number of carbonyl (C=O) groups excluding carboxylic acids is 1. The van der Waals surface area contributed by atoms with Gasteiger partial charge in [0.25, 0.3) is 5.91 Å². The second kappa shape index (κ2) is 6.12. The van der Waals surface area contributed by atoms with E-state index < -0.39 is 34.3 Å². The number of anilines is 1. The van der Waals surface area contributed by atoms with Gasteiger partial charge in [0.15, 0.2) is 11.9 Å². The van der Waals surface area contributed by atoms with E-state index in [-0.39, 0.29) is 23.5 Å². The van der Waals surface area contributed by atoms with E-state index in [2.05, 4.69) is 0 Å². The topological polar surface area (TPSA) is 72.7 Å². The average molecular weight is 348 g/mol. The number of hydrogen-bond acceptors (Lipinski definition) is 4. The molecule has 1 heterocycles. The molecule has 1 amide bonds. The number of hydrogen-bond donors (Lipinski definition) is 0. The Bertz CT molecular complexity index is 868. The van der Waals surface area contributed by atoms with Gasteiger partial charge >= 0.3 is 5.69 Å². The van der Waals surface area contributed by atoms with Crippen LogP contribution < -0.4 is 9.64 Å². The number of fused-ring (bicyclic) bond motifs is 1. The highest BCUT2D eigenvalue weighted by Gasteiger charge is 2.37. The van der Waals surface area contributed by atoms with Gasteiger partial charge in [0.2, 0.25) is 5.82 Å². The molecule has 2 aromatic carbocycles. The Labute approximate surface area is 141 Å². The van der Waals surface area contributed by atoms with E-state index >= 15 is 0 Å². The summed E-state index contributed by atoms with van der Waals surface area (Å²) in [6.45, 7) is 2.89. The minimum Gasteiger partial charge on any atom is -0.475 e. The van der Waals surface area contributed by atoms with Crippen LogP contribution in [0.25, 0.3) is 0 Å². The van der Waals surface area contributed by atoms with Crippen LogP contribution in [0.5, 0.6) is 5.75 Å². The zero-order chi connectivity index (χ0) is 18.3. The smallest absolute Gasteiger partial charge is 0.311 e. The fourth-order valence-electron chi connectivity index (χ4n) is 2.77. The van der Waals surface area contributed by atoms with E-state index in [4.69, 9.17) is 4.74 Å². The fraction of sp³-hybridized carbons (Fsp3) is 0.235. The van der Waals surface area contributed by atoms with Crippen LogP contribution in [0.15, 0.2) is 30.3 Å². The molecule has 25 heavy (non-hydrogen) atoms. The lowest BCUT2D eigenvalue weighted by molar-refractivity contribution is -0.388. The number of nitro groups is 1. The second-order valence-corrected chi connectivity index (χ2v) is 5.77. The van der Waals surface area contributed by atoms with Crippen LogP contribution in [0.4, 0.5) is 20.2 Å². The van der Waals surface area contributed by atoms with Crippen molar-refractivity contribution in [3.63, 3.8) is 0 Å². The molecule has 0 fully saturated rings. The number of aryl methyl sites for hydroxylation is 1. The Morgan fingerprint density at radius 3 is 2.52 bits per heavy atom. The molecular weight excluding hydrogens is 334 g/mol. The Hall–Kier alpha value is -3.03.